The largest absolute Gasteiger partial charge is 0.369 e. The Bertz CT molecular complexity index is 976. The predicted molar refractivity (Wildman–Crippen MR) is 119 cm³/mol. The number of H-pyrrole nitrogens is 1. The highest BCUT2D eigenvalue weighted by atomic mass is 79.9. The van der Waals surface area contributed by atoms with Crippen molar-refractivity contribution in [3.8, 4) is 0 Å². The molecular formula is C22H25BrN4O. The summed E-state index contributed by atoms with van der Waals surface area (Å²) >= 11 is 3.48. The number of carbonyl (C=O) groups is 1. The average Bonchev–Trinajstić information content (AvgIpc) is 3.09. The van der Waals surface area contributed by atoms with Crippen LogP contribution >= 0.6 is 15.9 Å². The lowest BCUT2D eigenvalue weighted by Gasteiger charge is -2.35. The summed E-state index contributed by atoms with van der Waals surface area (Å²) in [6.07, 6.45) is 2.27. The molecule has 0 spiro atoms. The van der Waals surface area contributed by atoms with E-state index in [0.29, 0.717) is 6.42 Å². The number of hydrogen-bond acceptors (Lipinski definition) is 3. The molecule has 1 fully saturated rings. The summed E-state index contributed by atoms with van der Waals surface area (Å²) in [7, 11) is 0. The summed E-state index contributed by atoms with van der Waals surface area (Å²) in [5.74, 6) is -0.00299. The Hall–Kier alpha value is -2.31. The van der Waals surface area contributed by atoms with Crippen molar-refractivity contribution in [3.05, 3.63) is 58.7 Å². The number of halogens is 1. The molecule has 1 saturated heterocycles. The molecule has 28 heavy (non-hydrogen) atoms. The van der Waals surface area contributed by atoms with E-state index in [9.17, 15) is 4.79 Å². The van der Waals surface area contributed by atoms with E-state index in [1.165, 1.54) is 5.69 Å². The SMILES string of the molecule is CCN1CCN(c2cccc(NC(=O)Cc3c[nH]c4cc(Br)ccc34)c2)CC1. The lowest BCUT2D eigenvalue weighted by atomic mass is 10.1. The van der Waals surface area contributed by atoms with E-state index >= 15 is 0 Å². The Morgan fingerprint density at radius 1 is 1.14 bits per heavy atom. The fourth-order valence-electron chi connectivity index (χ4n) is 3.79. The molecule has 2 heterocycles. The highest BCUT2D eigenvalue weighted by Crippen LogP contribution is 2.24. The zero-order chi connectivity index (χ0) is 19.5. The zero-order valence-corrected chi connectivity index (χ0v) is 17.6. The van der Waals surface area contributed by atoms with Crippen LogP contribution in [-0.2, 0) is 11.2 Å². The average molecular weight is 441 g/mol. The molecule has 0 saturated carbocycles. The Labute approximate surface area is 173 Å². The van der Waals surface area contributed by atoms with E-state index in [0.717, 1.165) is 59.4 Å². The van der Waals surface area contributed by atoms with Crippen molar-refractivity contribution in [1.29, 1.82) is 0 Å². The van der Waals surface area contributed by atoms with Crippen LogP contribution in [0.3, 0.4) is 0 Å². The van der Waals surface area contributed by atoms with Gasteiger partial charge in [-0.15, -0.1) is 0 Å². The van der Waals surface area contributed by atoms with Crippen LogP contribution in [0, 0.1) is 0 Å². The molecule has 4 rings (SSSR count). The first-order valence-corrected chi connectivity index (χ1v) is 10.5. The standard InChI is InChI=1S/C22H25BrN4O/c1-2-26-8-10-27(11-9-26)19-5-3-4-18(14-19)25-22(28)12-16-15-24-21-13-17(23)6-7-20(16)21/h3-7,13-15,24H,2,8-12H2,1H3,(H,25,28). The van der Waals surface area contributed by atoms with Gasteiger partial charge < -0.3 is 20.1 Å². The van der Waals surface area contributed by atoms with E-state index < -0.39 is 0 Å². The Balaban J connectivity index is 1.42. The van der Waals surface area contributed by atoms with Crippen molar-refractivity contribution in [2.75, 3.05) is 42.9 Å². The van der Waals surface area contributed by atoms with E-state index in [4.69, 9.17) is 0 Å². The molecule has 2 aromatic carbocycles. The van der Waals surface area contributed by atoms with Gasteiger partial charge in [-0.2, -0.15) is 0 Å². The minimum Gasteiger partial charge on any atom is -0.369 e. The number of amides is 1. The number of aromatic nitrogens is 1. The van der Waals surface area contributed by atoms with Crippen LogP contribution in [0.4, 0.5) is 11.4 Å². The number of benzene rings is 2. The highest BCUT2D eigenvalue weighted by Gasteiger charge is 2.16. The molecular weight excluding hydrogens is 416 g/mol. The van der Waals surface area contributed by atoms with Crippen LogP contribution < -0.4 is 10.2 Å². The first-order chi connectivity index (χ1) is 13.6. The van der Waals surface area contributed by atoms with Crippen molar-refractivity contribution in [3.63, 3.8) is 0 Å². The van der Waals surface area contributed by atoms with Gasteiger partial charge in [-0.25, -0.2) is 0 Å². The van der Waals surface area contributed by atoms with Crippen LogP contribution in [0.5, 0.6) is 0 Å². The molecule has 146 valence electrons. The first kappa shape index (κ1) is 19.0. The summed E-state index contributed by atoms with van der Waals surface area (Å²) in [5.41, 5.74) is 4.06. The summed E-state index contributed by atoms with van der Waals surface area (Å²) in [6, 6.07) is 14.2. The lowest BCUT2D eigenvalue weighted by Crippen LogP contribution is -2.46. The van der Waals surface area contributed by atoms with Crippen LogP contribution in [0.25, 0.3) is 10.9 Å². The number of rotatable bonds is 5. The number of nitrogens with zero attached hydrogens (tertiary/aromatic N) is 2. The smallest absolute Gasteiger partial charge is 0.228 e. The number of anilines is 2. The number of fused-ring (bicyclic) bond motifs is 1. The molecule has 5 nitrogen and oxygen atoms in total. The molecule has 6 heteroatoms. The van der Waals surface area contributed by atoms with Crippen LogP contribution in [-0.4, -0.2) is 48.5 Å². The van der Waals surface area contributed by atoms with Gasteiger partial charge in [0.2, 0.25) is 5.91 Å². The topological polar surface area (TPSA) is 51.4 Å². The van der Waals surface area contributed by atoms with Gasteiger partial charge in [0.15, 0.2) is 0 Å². The fourth-order valence-corrected chi connectivity index (χ4v) is 4.15. The highest BCUT2D eigenvalue weighted by molar-refractivity contribution is 9.10. The third-order valence-electron chi connectivity index (χ3n) is 5.40. The third-order valence-corrected chi connectivity index (χ3v) is 5.89. The minimum atomic E-state index is -0.00299. The number of nitrogens with one attached hydrogen (secondary N) is 2. The lowest BCUT2D eigenvalue weighted by molar-refractivity contribution is -0.115. The maximum atomic E-state index is 12.6. The van der Waals surface area contributed by atoms with E-state index in [2.05, 4.69) is 55.1 Å². The third kappa shape index (κ3) is 4.23. The van der Waals surface area contributed by atoms with E-state index in [-0.39, 0.29) is 5.91 Å². The van der Waals surface area contributed by atoms with Crippen LogP contribution in [0.1, 0.15) is 12.5 Å². The first-order valence-electron chi connectivity index (χ1n) is 9.75. The molecule has 0 unspecified atom stereocenters. The van der Waals surface area contributed by atoms with Gasteiger partial charge in [0.1, 0.15) is 0 Å². The number of likely N-dealkylation sites (N-methyl/N-ethyl adjacent to an activating group) is 1. The Morgan fingerprint density at radius 2 is 1.96 bits per heavy atom. The minimum absolute atomic E-state index is 0.00299. The number of aromatic amines is 1. The van der Waals surface area contributed by atoms with Crippen LogP contribution in [0.2, 0.25) is 0 Å². The van der Waals surface area contributed by atoms with Gasteiger partial charge in [0.25, 0.3) is 0 Å². The van der Waals surface area contributed by atoms with Gasteiger partial charge in [0.05, 0.1) is 6.42 Å². The molecule has 0 aliphatic carbocycles. The zero-order valence-electron chi connectivity index (χ0n) is 16.0. The molecule has 1 aliphatic heterocycles. The van der Waals surface area contributed by atoms with Gasteiger partial charge in [-0.05, 0) is 42.4 Å². The number of piperazine rings is 1. The summed E-state index contributed by atoms with van der Waals surface area (Å²) < 4.78 is 1.02. The maximum absolute atomic E-state index is 12.6. The predicted octanol–water partition coefficient (Wildman–Crippen LogP) is 4.25. The second kappa shape index (κ2) is 8.37. The van der Waals surface area contributed by atoms with Gasteiger partial charge in [-0.1, -0.05) is 35.0 Å². The molecule has 2 N–H and O–H groups in total. The second-order valence-corrected chi connectivity index (χ2v) is 8.12. The normalized spacial score (nSPS) is 15.1. The van der Waals surface area contributed by atoms with Crippen molar-refractivity contribution in [2.45, 2.75) is 13.3 Å². The molecule has 0 atom stereocenters. The number of hydrogen-bond donors (Lipinski definition) is 2. The van der Waals surface area contributed by atoms with Gasteiger partial charge in [-0.3, -0.25) is 4.79 Å². The summed E-state index contributed by atoms with van der Waals surface area (Å²) in [4.78, 5) is 20.7. The second-order valence-electron chi connectivity index (χ2n) is 7.20. The van der Waals surface area contributed by atoms with Crippen molar-refractivity contribution < 1.29 is 4.79 Å². The molecule has 1 amide bonds. The fraction of sp³-hybridized carbons (Fsp3) is 0.318. The van der Waals surface area contributed by atoms with Crippen LogP contribution in [0.15, 0.2) is 53.1 Å². The maximum Gasteiger partial charge on any atom is 0.228 e. The van der Waals surface area contributed by atoms with Crippen molar-refractivity contribution in [2.24, 2.45) is 0 Å². The quantitative estimate of drug-likeness (QED) is 0.623. The van der Waals surface area contributed by atoms with E-state index in [1.807, 2.05) is 36.5 Å². The van der Waals surface area contributed by atoms with Crippen molar-refractivity contribution in [1.82, 2.24) is 9.88 Å². The Morgan fingerprint density at radius 3 is 2.75 bits per heavy atom. The molecule has 3 aromatic rings. The molecule has 1 aromatic heterocycles. The van der Waals surface area contributed by atoms with E-state index in [1.54, 1.807) is 0 Å². The van der Waals surface area contributed by atoms with Crippen molar-refractivity contribution >= 4 is 44.1 Å². The molecule has 0 radical (unpaired) electrons. The monoisotopic (exact) mass is 440 g/mol. The summed E-state index contributed by atoms with van der Waals surface area (Å²) in [5, 5.41) is 4.14. The molecule has 1 aliphatic rings. The Kier molecular flexibility index (Phi) is 5.69. The van der Waals surface area contributed by atoms with Gasteiger partial charge in [0, 0.05) is 59.1 Å². The molecule has 0 bridgehead atoms. The number of carbonyl (C=O) groups excluding carboxylic acids is 1. The summed E-state index contributed by atoms with van der Waals surface area (Å²) in [6.45, 7) is 7.53. The van der Waals surface area contributed by atoms with Gasteiger partial charge >= 0.3 is 0 Å².